The molecule has 1 fully saturated rings. The molecule has 6 nitrogen and oxygen atoms in total. The third kappa shape index (κ3) is 4.15. The van der Waals surface area contributed by atoms with Crippen LogP contribution >= 0.6 is 11.6 Å². The van der Waals surface area contributed by atoms with Crippen molar-refractivity contribution < 1.29 is 32.8 Å². The van der Waals surface area contributed by atoms with E-state index in [1.54, 1.807) is 17.4 Å². The molecule has 132 valence electrons. The molecule has 25 heavy (non-hydrogen) atoms. The van der Waals surface area contributed by atoms with Gasteiger partial charge >= 0.3 is 5.57 Å². The summed E-state index contributed by atoms with van der Waals surface area (Å²) in [7, 11) is 0. The van der Waals surface area contributed by atoms with Gasteiger partial charge in [0.25, 0.3) is 5.91 Å². The second-order valence-corrected chi connectivity index (χ2v) is 5.88. The number of nitrogens with two attached hydrogens (primary N) is 1. The van der Waals surface area contributed by atoms with Gasteiger partial charge in [0.1, 0.15) is 12.3 Å². The number of anilines is 1. The van der Waals surface area contributed by atoms with Gasteiger partial charge in [-0.25, -0.2) is 4.90 Å². The Balaban J connectivity index is 1.67. The number of hydrogen-bond donors (Lipinski definition) is 1. The Bertz CT molecular complexity index is 759. The van der Waals surface area contributed by atoms with Crippen LogP contribution in [0.2, 0.25) is 0 Å². The number of halogens is 3. The molecule has 1 saturated heterocycles. The summed E-state index contributed by atoms with van der Waals surface area (Å²) in [4.78, 5) is 25.7. The maximum atomic E-state index is 12.6. The van der Waals surface area contributed by atoms with Crippen LogP contribution in [0.1, 0.15) is 12.2 Å². The van der Waals surface area contributed by atoms with E-state index >= 15 is 0 Å². The van der Waals surface area contributed by atoms with Crippen molar-refractivity contribution in [1.29, 1.82) is 0 Å². The van der Waals surface area contributed by atoms with E-state index in [9.17, 15) is 18.4 Å². The first-order valence-electron chi connectivity index (χ1n) is 7.42. The lowest BCUT2D eigenvalue weighted by molar-refractivity contribution is -0.691. The van der Waals surface area contributed by atoms with Gasteiger partial charge in [-0.05, 0) is 36.4 Å². The molecule has 1 aromatic heterocycles. The van der Waals surface area contributed by atoms with Crippen LogP contribution in [-0.2, 0) is 16.1 Å². The smallest absolute Gasteiger partial charge is 0.463 e. The highest BCUT2D eigenvalue weighted by Gasteiger charge is 2.42. The number of furan rings is 1. The van der Waals surface area contributed by atoms with Crippen LogP contribution in [0.4, 0.5) is 14.5 Å². The molecule has 0 radical (unpaired) electrons. The highest BCUT2D eigenvalue weighted by atomic mass is 35.5. The van der Waals surface area contributed by atoms with Crippen LogP contribution in [0.3, 0.4) is 0 Å². The molecule has 0 spiro atoms. The number of benzene rings is 1. The van der Waals surface area contributed by atoms with Crippen LogP contribution in [0.25, 0.3) is 0 Å². The lowest BCUT2D eigenvalue weighted by atomic mass is 10.2. The zero-order valence-electron chi connectivity index (χ0n) is 12.8. The minimum atomic E-state index is -3.83. The lowest BCUT2D eigenvalue weighted by Crippen LogP contribution is -2.90. The van der Waals surface area contributed by atoms with Crippen molar-refractivity contribution in [3.63, 3.8) is 0 Å². The highest BCUT2D eigenvalue weighted by molar-refractivity contribution is 6.22. The van der Waals surface area contributed by atoms with Crippen molar-refractivity contribution in [2.75, 3.05) is 4.90 Å². The Morgan fingerprint density at radius 2 is 2.00 bits per heavy atom. The van der Waals surface area contributed by atoms with Gasteiger partial charge in [-0.3, -0.25) is 9.59 Å². The monoisotopic (exact) mass is 371 g/mol. The van der Waals surface area contributed by atoms with Gasteiger partial charge in [0.05, 0.1) is 18.4 Å². The quantitative estimate of drug-likeness (QED) is 0.621. The van der Waals surface area contributed by atoms with E-state index in [0.717, 1.165) is 4.90 Å². The maximum Gasteiger partial charge on any atom is 0.487 e. The van der Waals surface area contributed by atoms with Gasteiger partial charge in [0, 0.05) is 11.6 Å². The topological polar surface area (TPSA) is 76.4 Å². The molecule has 1 aromatic carbocycles. The molecular formula is C16H14ClF2N2O4+. The van der Waals surface area contributed by atoms with Crippen molar-refractivity contribution in [3.05, 3.63) is 48.4 Å². The average molecular weight is 372 g/mol. The van der Waals surface area contributed by atoms with Gasteiger partial charge in [0.15, 0.2) is 11.8 Å². The Morgan fingerprint density at radius 1 is 1.28 bits per heavy atom. The van der Waals surface area contributed by atoms with Crippen molar-refractivity contribution in [2.24, 2.45) is 0 Å². The number of quaternary nitrogens is 1. The first-order chi connectivity index (χ1) is 11.8. The summed E-state index contributed by atoms with van der Waals surface area (Å²) in [6.07, 6.45) is 1.59. The number of amides is 2. The van der Waals surface area contributed by atoms with Gasteiger partial charge in [-0.15, -0.1) is 8.78 Å². The van der Waals surface area contributed by atoms with Gasteiger partial charge in [-0.2, -0.15) is 0 Å². The van der Waals surface area contributed by atoms with E-state index in [-0.39, 0.29) is 29.7 Å². The number of carbonyl (C=O) groups is 2. The van der Waals surface area contributed by atoms with Crippen LogP contribution < -0.4 is 15.0 Å². The van der Waals surface area contributed by atoms with Gasteiger partial charge in [0.2, 0.25) is 5.91 Å². The van der Waals surface area contributed by atoms with E-state index in [0.29, 0.717) is 12.3 Å². The van der Waals surface area contributed by atoms with Crippen molar-refractivity contribution in [3.8, 4) is 5.75 Å². The Labute approximate surface area is 146 Å². The maximum absolute atomic E-state index is 12.6. The van der Waals surface area contributed by atoms with Crippen molar-refractivity contribution in [2.45, 2.75) is 24.6 Å². The second kappa shape index (κ2) is 6.81. The fourth-order valence-corrected chi connectivity index (χ4v) is 2.68. The fraction of sp³-hybridized carbons (Fsp3) is 0.250. The molecule has 0 aliphatic carbocycles. The lowest BCUT2D eigenvalue weighted by Gasteiger charge is -2.15. The third-order valence-electron chi connectivity index (χ3n) is 3.69. The standard InChI is InChI=1S/C16H13ClF2N2O4/c17-16(18,19)25-11-5-3-10(4-6-11)21-14(22)8-13(15(21)23)20-9-12-2-1-7-24-12/h1-7,13,20H,8-9H2/p+1/t13-/m0/s1. The molecule has 2 amide bonds. The molecule has 2 heterocycles. The van der Waals surface area contributed by atoms with E-state index < -0.39 is 11.6 Å². The van der Waals surface area contributed by atoms with Crippen molar-refractivity contribution in [1.82, 2.24) is 0 Å². The summed E-state index contributed by atoms with van der Waals surface area (Å²) in [6.45, 7) is 0.433. The predicted molar refractivity (Wildman–Crippen MR) is 83.1 cm³/mol. The van der Waals surface area contributed by atoms with E-state index in [2.05, 4.69) is 4.74 Å². The summed E-state index contributed by atoms with van der Waals surface area (Å²) in [5.41, 5.74) is -3.54. The molecule has 2 N–H and O–H groups in total. The fourth-order valence-electron chi connectivity index (χ4n) is 2.59. The normalized spacial score (nSPS) is 18.0. The number of nitrogens with zero attached hydrogens (tertiary/aromatic N) is 1. The van der Waals surface area contributed by atoms with Crippen LogP contribution in [0.5, 0.6) is 5.75 Å². The van der Waals surface area contributed by atoms with Crippen LogP contribution in [-0.4, -0.2) is 23.4 Å². The largest absolute Gasteiger partial charge is 0.487 e. The summed E-state index contributed by atoms with van der Waals surface area (Å²) >= 11 is 4.69. The third-order valence-corrected chi connectivity index (χ3v) is 3.77. The number of imide groups is 1. The highest BCUT2D eigenvalue weighted by Crippen LogP contribution is 2.28. The van der Waals surface area contributed by atoms with Crippen LogP contribution in [0, 0.1) is 0 Å². The second-order valence-electron chi connectivity index (χ2n) is 5.44. The molecule has 3 rings (SSSR count). The summed E-state index contributed by atoms with van der Waals surface area (Å²) in [5.74, 6) is -0.207. The zero-order valence-corrected chi connectivity index (χ0v) is 13.6. The molecule has 1 atom stereocenters. The first-order valence-corrected chi connectivity index (χ1v) is 7.79. The predicted octanol–water partition coefficient (Wildman–Crippen LogP) is 1.84. The molecule has 1 aliphatic rings. The van der Waals surface area contributed by atoms with E-state index in [1.165, 1.54) is 30.5 Å². The summed E-state index contributed by atoms with van der Waals surface area (Å²) in [5, 5.41) is 1.73. The molecule has 2 aromatic rings. The number of hydrogen-bond acceptors (Lipinski definition) is 4. The number of rotatable bonds is 6. The van der Waals surface area contributed by atoms with Gasteiger partial charge in [-0.1, -0.05) is 0 Å². The van der Waals surface area contributed by atoms with Gasteiger partial charge < -0.3 is 14.5 Å². The molecule has 0 saturated carbocycles. The molecule has 0 bridgehead atoms. The Morgan fingerprint density at radius 3 is 2.60 bits per heavy atom. The Hall–Kier alpha value is -2.45. The number of ether oxygens (including phenoxy) is 1. The minimum absolute atomic E-state index is 0.0531. The summed E-state index contributed by atoms with van der Waals surface area (Å²) < 4.78 is 34.6. The summed E-state index contributed by atoms with van der Waals surface area (Å²) in [6, 6.07) is 8.09. The average Bonchev–Trinajstić information content (AvgIpc) is 3.13. The molecule has 1 aliphatic heterocycles. The zero-order chi connectivity index (χ0) is 18.0. The van der Waals surface area contributed by atoms with Crippen molar-refractivity contribution >= 4 is 29.1 Å². The minimum Gasteiger partial charge on any atom is -0.463 e. The number of alkyl halides is 3. The Kier molecular flexibility index (Phi) is 4.73. The first kappa shape index (κ1) is 17.4. The number of carbonyl (C=O) groups excluding carboxylic acids is 2. The molecular weight excluding hydrogens is 358 g/mol. The van der Waals surface area contributed by atoms with E-state index in [1.807, 2.05) is 0 Å². The SMILES string of the molecule is O=C1C[C@H]([NH2+]Cc2ccco2)C(=O)N1c1ccc(OC(F)(F)Cl)cc1. The molecule has 9 heteroatoms. The van der Waals surface area contributed by atoms with E-state index in [4.69, 9.17) is 16.0 Å². The van der Waals surface area contributed by atoms with Crippen LogP contribution in [0.15, 0.2) is 47.1 Å². The molecule has 0 unspecified atom stereocenters.